The van der Waals surface area contributed by atoms with Gasteiger partial charge in [0.05, 0.1) is 18.5 Å². The Kier molecular flexibility index (Phi) is 6.16. The molecule has 0 radical (unpaired) electrons. The van der Waals surface area contributed by atoms with E-state index in [0.29, 0.717) is 18.0 Å². The molecule has 3 aromatic rings. The molecule has 28 heavy (non-hydrogen) atoms. The van der Waals surface area contributed by atoms with Crippen molar-refractivity contribution < 1.29 is 9.53 Å². The number of carbonyl (C=O) groups excluding carboxylic acids is 1. The first-order chi connectivity index (χ1) is 13.6. The lowest BCUT2D eigenvalue weighted by Crippen LogP contribution is -2.18. The van der Waals surface area contributed by atoms with Crippen LogP contribution >= 0.6 is 0 Å². The minimum absolute atomic E-state index is 0.272. The van der Waals surface area contributed by atoms with Gasteiger partial charge in [0.2, 0.25) is 0 Å². The first-order valence-corrected chi connectivity index (χ1v) is 9.10. The number of allylic oxidation sites excluding steroid dienone is 2. The average Bonchev–Trinajstić information content (AvgIpc) is 3.12. The summed E-state index contributed by atoms with van der Waals surface area (Å²) >= 11 is 0. The number of fused-ring (bicyclic) bond motifs is 1. The smallest absolute Gasteiger partial charge is 0.358 e. The number of aromatic nitrogens is 3. The molecular weight excluding hydrogens is 354 g/mol. The van der Waals surface area contributed by atoms with Crippen molar-refractivity contribution in [3.05, 3.63) is 66.0 Å². The van der Waals surface area contributed by atoms with Crippen molar-refractivity contribution in [1.29, 1.82) is 0 Å². The third-order valence-electron chi connectivity index (χ3n) is 4.08. The van der Waals surface area contributed by atoms with Crippen molar-refractivity contribution in [2.45, 2.75) is 20.4 Å². The minimum Gasteiger partial charge on any atom is -0.461 e. The molecule has 0 atom stereocenters. The summed E-state index contributed by atoms with van der Waals surface area (Å²) in [6, 6.07) is 12.0. The molecule has 0 aliphatic rings. The van der Waals surface area contributed by atoms with Crippen LogP contribution in [-0.2, 0) is 11.3 Å². The van der Waals surface area contributed by atoms with Gasteiger partial charge >= 0.3 is 5.97 Å². The molecule has 0 saturated carbocycles. The quantitative estimate of drug-likeness (QED) is 0.462. The lowest BCUT2D eigenvalue weighted by molar-refractivity contribution is 0.0517. The largest absolute Gasteiger partial charge is 0.461 e. The average molecular weight is 377 g/mol. The maximum atomic E-state index is 12.3. The third-order valence-corrected chi connectivity index (χ3v) is 4.08. The standard InChI is InChI=1S/C21H23N5O2/c1-4-6-12-22-19-13-17(25(3)15-16-10-8-7-9-11-16)20-23-14-18(26(20)24-19)21(27)28-5-2/h4,6-14H,5,15H2,1-3H3/b6-4-,22-12-. The van der Waals surface area contributed by atoms with Gasteiger partial charge in [-0.15, -0.1) is 5.10 Å². The van der Waals surface area contributed by atoms with E-state index in [2.05, 4.69) is 32.1 Å². The Bertz CT molecular complexity index is 1010. The predicted octanol–water partition coefficient (Wildman–Crippen LogP) is 3.82. The highest BCUT2D eigenvalue weighted by atomic mass is 16.5. The summed E-state index contributed by atoms with van der Waals surface area (Å²) in [5.74, 6) is 0.0119. The van der Waals surface area contributed by atoms with Gasteiger partial charge in [-0.2, -0.15) is 0 Å². The first-order valence-electron chi connectivity index (χ1n) is 9.10. The van der Waals surface area contributed by atoms with E-state index in [-0.39, 0.29) is 12.3 Å². The first kappa shape index (κ1) is 19.3. The number of nitrogens with zero attached hydrogens (tertiary/aromatic N) is 5. The molecule has 3 rings (SSSR count). The maximum absolute atomic E-state index is 12.3. The fraction of sp³-hybridized carbons (Fsp3) is 0.238. The van der Waals surface area contributed by atoms with Crippen molar-refractivity contribution in [3.63, 3.8) is 0 Å². The second-order valence-corrected chi connectivity index (χ2v) is 6.13. The van der Waals surface area contributed by atoms with Gasteiger partial charge in [-0.25, -0.2) is 19.3 Å². The molecule has 2 heterocycles. The van der Waals surface area contributed by atoms with Crippen LogP contribution in [0.3, 0.4) is 0 Å². The number of anilines is 1. The molecular formula is C21H23N5O2. The van der Waals surface area contributed by atoms with Gasteiger partial charge in [0.1, 0.15) is 0 Å². The van der Waals surface area contributed by atoms with E-state index in [1.54, 1.807) is 13.1 Å². The molecule has 0 N–H and O–H groups in total. The zero-order valence-corrected chi connectivity index (χ0v) is 16.2. The molecule has 0 bridgehead atoms. The van der Waals surface area contributed by atoms with Crippen molar-refractivity contribution in [2.24, 2.45) is 4.99 Å². The van der Waals surface area contributed by atoms with E-state index in [1.807, 2.05) is 50.4 Å². The molecule has 0 fully saturated rings. The van der Waals surface area contributed by atoms with E-state index < -0.39 is 5.97 Å². The van der Waals surface area contributed by atoms with E-state index >= 15 is 0 Å². The van der Waals surface area contributed by atoms with Crippen molar-refractivity contribution in [1.82, 2.24) is 14.6 Å². The van der Waals surface area contributed by atoms with Gasteiger partial charge in [-0.05, 0) is 25.5 Å². The van der Waals surface area contributed by atoms with Crippen LogP contribution in [0.5, 0.6) is 0 Å². The van der Waals surface area contributed by atoms with Crippen LogP contribution in [0.1, 0.15) is 29.9 Å². The topological polar surface area (TPSA) is 72.1 Å². The summed E-state index contributed by atoms with van der Waals surface area (Å²) < 4.78 is 6.62. The minimum atomic E-state index is -0.464. The fourth-order valence-corrected chi connectivity index (χ4v) is 2.78. The van der Waals surface area contributed by atoms with Crippen LogP contribution < -0.4 is 4.90 Å². The van der Waals surface area contributed by atoms with E-state index in [9.17, 15) is 4.79 Å². The Balaban J connectivity index is 2.07. The number of esters is 1. The lowest BCUT2D eigenvalue weighted by atomic mass is 10.2. The molecule has 0 saturated heterocycles. The van der Waals surface area contributed by atoms with Crippen LogP contribution in [0, 0.1) is 0 Å². The third kappa shape index (κ3) is 4.25. The van der Waals surface area contributed by atoms with Gasteiger partial charge in [-0.1, -0.05) is 36.4 Å². The Morgan fingerprint density at radius 2 is 2.11 bits per heavy atom. The summed E-state index contributed by atoms with van der Waals surface area (Å²) in [6.45, 7) is 4.64. The number of carbonyl (C=O) groups is 1. The van der Waals surface area contributed by atoms with Crippen LogP contribution in [0.25, 0.3) is 5.65 Å². The van der Waals surface area contributed by atoms with Gasteiger partial charge < -0.3 is 9.64 Å². The van der Waals surface area contributed by atoms with Gasteiger partial charge in [0.15, 0.2) is 17.2 Å². The van der Waals surface area contributed by atoms with E-state index in [4.69, 9.17) is 4.74 Å². The number of hydrogen-bond donors (Lipinski definition) is 0. The molecule has 0 amide bonds. The van der Waals surface area contributed by atoms with Gasteiger partial charge in [0, 0.05) is 25.9 Å². The van der Waals surface area contributed by atoms with Crippen molar-refractivity contribution in [3.8, 4) is 0 Å². The predicted molar refractivity (Wildman–Crippen MR) is 110 cm³/mol. The number of hydrogen-bond acceptors (Lipinski definition) is 6. The Labute approximate surface area is 164 Å². The van der Waals surface area contributed by atoms with Crippen LogP contribution in [-0.4, -0.2) is 40.4 Å². The zero-order chi connectivity index (χ0) is 19.9. The SMILES string of the molecule is C/C=C\C=N/c1cc(N(C)Cc2ccccc2)c2ncc(C(=O)OCC)n2n1. The monoisotopic (exact) mass is 377 g/mol. The molecule has 7 nitrogen and oxygen atoms in total. The summed E-state index contributed by atoms with van der Waals surface area (Å²) in [7, 11) is 1.97. The Morgan fingerprint density at radius 1 is 1.32 bits per heavy atom. The van der Waals surface area contributed by atoms with E-state index in [0.717, 1.165) is 11.3 Å². The number of benzene rings is 1. The molecule has 0 aliphatic carbocycles. The summed E-state index contributed by atoms with van der Waals surface area (Å²) in [6.07, 6.45) is 6.85. The lowest BCUT2D eigenvalue weighted by Gasteiger charge is -2.20. The second-order valence-electron chi connectivity index (χ2n) is 6.13. The normalized spacial score (nSPS) is 11.5. The van der Waals surface area contributed by atoms with Crippen LogP contribution in [0.15, 0.2) is 59.7 Å². The maximum Gasteiger partial charge on any atom is 0.358 e. The number of aliphatic imine (C=N–C) groups is 1. The highest BCUT2D eigenvalue weighted by Crippen LogP contribution is 2.26. The highest BCUT2D eigenvalue weighted by Gasteiger charge is 2.19. The second kappa shape index (κ2) is 8.94. The van der Waals surface area contributed by atoms with E-state index in [1.165, 1.54) is 10.7 Å². The van der Waals surface area contributed by atoms with Gasteiger partial charge in [-0.3, -0.25) is 0 Å². The number of imidazole rings is 1. The number of rotatable bonds is 7. The van der Waals surface area contributed by atoms with Crippen molar-refractivity contribution >= 4 is 29.3 Å². The van der Waals surface area contributed by atoms with Crippen molar-refractivity contribution in [2.75, 3.05) is 18.6 Å². The molecule has 2 aromatic heterocycles. The van der Waals surface area contributed by atoms with Crippen LogP contribution in [0.4, 0.5) is 11.5 Å². The summed E-state index contributed by atoms with van der Waals surface area (Å²) in [5.41, 5.74) is 2.83. The molecule has 144 valence electrons. The molecule has 7 heteroatoms. The highest BCUT2D eigenvalue weighted by molar-refractivity contribution is 5.89. The summed E-state index contributed by atoms with van der Waals surface area (Å²) in [5, 5.41) is 4.46. The Hall–Kier alpha value is -3.48. The molecule has 0 aliphatic heterocycles. The molecule has 1 aromatic carbocycles. The van der Waals surface area contributed by atoms with Crippen LogP contribution in [0.2, 0.25) is 0 Å². The Morgan fingerprint density at radius 3 is 2.82 bits per heavy atom. The molecule has 0 unspecified atom stereocenters. The zero-order valence-electron chi connectivity index (χ0n) is 16.2. The number of ether oxygens (including phenoxy) is 1. The fourth-order valence-electron chi connectivity index (χ4n) is 2.78. The van der Waals surface area contributed by atoms with Gasteiger partial charge in [0.25, 0.3) is 0 Å². The summed E-state index contributed by atoms with van der Waals surface area (Å²) in [4.78, 5) is 23.1. The molecule has 0 spiro atoms.